The molecule has 0 saturated heterocycles. The molecule has 0 spiro atoms. The van der Waals surface area contributed by atoms with Crippen molar-refractivity contribution in [3.8, 4) is 11.5 Å². The van der Waals surface area contributed by atoms with E-state index in [1.165, 1.54) is 28.3 Å². The number of phosphoric ester groups is 1. The second kappa shape index (κ2) is 7.83. The maximum absolute atomic E-state index is 11.7. The van der Waals surface area contributed by atoms with Crippen LogP contribution < -0.4 is 9.47 Å². The van der Waals surface area contributed by atoms with Crippen LogP contribution in [0.25, 0.3) is 0 Å². The number of benzene rings is 1. The molecule has 21 heavy (non-hydrogen) atoms. The highest BCUT2D eigenvalue weighted by Gasteiger charge is 2.24. The monoisotopic (exact) mass is 316 g/mol. The SMILES string of the molecule is COc1ccc(OC(=O)C=C(C)OP(=O)(OC)OC)cc1. The number of hydrogen-bond acceptors (Lipinski definition) is 7. The van der Waals surface area contributed by atoms with Crippen LogP contribution in [0.5, 0.6) is 11.5 Å². The smallest absolute Gasteiger partial charge is 0.497 e. The van der Waals surface area contributed by atoms with Crippen molar-refractivity contribution in [1.29, 1.82) is 0 Å². The Hall–Kier alpha value is -1.82. The van der Waals surface area contributed by atoms with E-state index in [4.69, 9.17) is 14.0 Å². The number of rotatable bonds is 7. The van der Waals surface area contributed by atoms with Crippen LogP contribution in [0, 0.1) is 0 Å². The van der Waals surface area contributed by atoms with Gasteiger partial charge < -0.3 is 14.0 Å². The third-order valence-electron chi connectivity index (χ3n) is 2.30. The normalized spacial score (nSPS) is 11.9. The van der Waals surface area contributed by atoms with E-state index >= 15 is 0 Å². The molecule has 7 nitrogen and oxygen atoms in total. The van der Waals surface area contributed by atoms with Crippen molar-refractivity contribution in [3.63, 3.8) is 0 Å². The Morgan fingerprint density at radius 2 is 1.57 bits per heavy atom. The van der Waals surface area contributed by atoms with Crippen LogP contribution in [-0.2, 0) is 22.9 Å². The topological polar surface area (TPSA) is 80.3 Å². The lowest BCUT2D eigenvalue weighted by molar-refractivity contribution is -0.129. The van der Waals surface area contributed by atoms with E-state index in [0.717, 1.165) is 6.08 Å². The molecule has 0 N–H and O–H groups in total. The van der Waals surface area contributed by atoms with Crippen molar-refractivity contribution in [1.82, 2.24) is 0 Å². The summed E-state index contributed by atoms with van der Waals surface area (Å²) in [4.78, 5) is 11.7. The fourth-order valence-corrected chi connectivity index (χ4v) is 2.01. The molecule has 1 rings (SSSR count). The van der Waals surface area contributed by atoms with Gasteiger partial charge in [0, 0.05) is 14.2 Å². The van der Waals surface area contributed by atoms with Crippen molar-refractivity contribution in [2.45, 2.75) is 6.92 Å². The number of methoxy groups -OCH3 is 1. The van der Waals surface area contributed by atoms with Gasteiger partial charge in [-0.1, -0.05) is 0 Å². The van der Waals surface area contributed by atoms with Crippen LogP contribution in [-0.4, -0.2) is 27.3 Å². The molecular formula is C13H17O7P. The van der Waals surface area contributed by atoms with Gasteiger partial charge in [0.15, 0.2) is 0 Å². The molecule has 0 fully saturated rings. The number of carbonyl (C=O) groups is 1. The molecule has 0 aromatic heterocycles. The van der Waals surface area contributed by atoms with E-state index in [1.807, 2.05) is 0 Å². The lowest BCUT2D eigenvalue weighted by atomic mass is 10.3. The van der Waals surface area contributed by atoms with E-state index in [0.29, 0.717) is 11.5 Å². The molecule has 0 amide bonds. The molecule has 0 bridgehead atoms. The minimum atomic E-state index is -3.68. The van der Waals surface area contributed by atoms with Gasteiger partial charge in [-0.15, -0.1) is 0 Å². The highest BCUT2D eigenvalue weighted by molar-refractivity contribution is 7.48. The average molecular weight is 316 g/mol. The molecule has 8 heteroatoms. The molecule has 0 unspecified atom stereocenters. The Balaban J connectivity index is 2.66. The lowest BCUT2D eigenvalue weighted by Gasteiger charge is -2.14. The zero-order valence-corrected chi connectivity index (χ0v) is 13.1. The molecule has 0 aliphatic rings. The van der Waals surface area contributed by atoms with E-state index in [1.54, 1.807) is 24.3 Å². The third-order valence-corrected chi connectivity index (χ3v) is 3.71. The number of phosphoric acid groups is 1. The number of hydrogen-bond donors (Lipinski definition) is 0. The first kappa shape index (κ1) is 17.2. The minimum absolute atomic E-state index is 0.0422. The van der Waals surface area contributed by atoms with Crippen molar-refractivity contribution >= 4 is 13.8 Å². The molecule has 0 radical (unpaired) electrons. The van der Waals surface area contributed by atoms with Gasteiger partial charge in [-0.2, -0.15) is 0 Å². The molecule has 116 valence electrons. The summed E-state index contributed by atoms with van der Waals surface area (Å²) >= 11 is 0. The number of carbonyl (C=O) groups excluding carboxylic acids is 1. The second-order valence-corrected chi connectivity index (χ2v) is 5.56. The Labute approximate surface area is 123 Å². The fourth-order valence-electron chi connectivity index (χ4n) is 1.31. The third kappa shape index (κ3) is 5.59. The number of allylic oxidation sites excluding steroid dienone is 1. The molecule has 0 saturated carbocycles. The van der Waals surface area contributed by atoms with Gasteiger partial charge >= 0.3 is 13.8 Å². The number of esters is 1. The Kier molecular flexibility index (Phi) is 6.42. The average Bonchev–Trinajstić information content (AvgIpc) is 2.47. The van der Waals surface area contributed by atoms with E-state index < -0.39 is 13.8 Å². The van der Waals surface area contributed by atoms with Crippen molar-refractivity contribution in [2.24, 2.45) is 0 Å². The molecule has 0 heterocycles. The van der Waals surface area contributed by atoms with Gasteiger partial charge in [0.1, 0.15) is 17.3 Å². The number of ether oxygens (including phenoxy) is 2. The molecular weight excluding hydrogens is 299 g/mol. The summed E-state index contributed by atoms with van der Waals surface area (Å²) in [7, 11) is 0.205. The van der Waals surface area contributed by atoms with Gasteiger partial charge in [0.25, 0.3) is 0 Å². The standard InChI is InChI=1S/C13H17O7P/c1-10(20-21(15,17-3)18-4)9-13(14)19-12-7-5-11(16-2)6-8-12/h5-9H,1-4H3. The summed E-state index contributed by atoms with van der Waals surface area (Å²) in [6.07, 6.45) is 1.04. The molecule has 0 aliphatic carbocycles. The minimum Gasteiger partial charge on any atom is -0.497 e. The van der Waals surface area contributed by atoms with Gasteiger partial charge in [-0.25, -0.2) is 9.36 Å². The van der Waals surface area contributed by atoms with Gasteiger partial charge in [0.2, 0.25) is 0 Å². The Bertz CT molecular complexity index is 542. The van der Waals surface area contributed by atoms with Crippen LogP contribution in [0.1, 0.15) is 6.92 Å². The summed E-state index contributed by atoms with van der Waals surface area (Å²) in [5.74, 6) is 0.342. The summed E-state index contributed by atoms with van der Waals surface area (Å²) in [6.45, 7) is 1.43. The van der Waals surface area contributed by atoms with E-state index in [-0.39, 0.29) is 5.76 Å². The zero-order chi connectivity index (χ0) is 15.9. The lowest BCUT2D eigenvalue weighted by Crippen LogP contribution is -2.05. The van der Waals surface area contributed by atoms with Crippen LogP contribution in [0.2, 0.25) is 0 Å². The zero-order valence-electron chi connectivity index (χ0n) is 12.2. The van der Waals surface area contributed by atoms with Gasteiger partial charge in [-0.05, 0) is 31.2 Å². The second-order valence-electron chi connectivity index (χ2n) is 3.76. The summed E-state index contributed by atoms with van der Waals surface area (Å²) in [5.41, 5.74) is 0. The maximum Gasteiger partial charge on any atom is 0.529 e. The van der Waals surface area contributed by atoms with Gasteiger partial charge in [0.05, 0.1) is 13.2 Å². The van der Waals surface area contributed by atoms with Gasteiger partial charge in [-0.3, -0.25) is 9.05 Å². The maximum atomic E-state index is 11.7. The van der Waals surface area contributed by atoms with Crippen LogP contribution in [0.15, 0.2) is 36.1 Å². The van der Waals surface area contributed by atoms with Crippen LogP contribution in [0.4, 0.5) is 0 Å². The first-order valence-corrected chi connectivity index (χ1v) is 7.33. The van der Waals surface area contributed by atoms with E-state index in [2.05, 4.69) is 9.05 Å². The van der Waals surface area contributed by atoms with Crippen LogP contribution >= 0.6 is 7.82 Å². The Morgan fingerprint density at radius 1 is 1.05 bits per heavy atom. The quantitative estimate of drug-likeness (QED) is 0.251. The molecule has 1 aromatic carbocycles. The summed E-state index contributed by atoms with van der Waals surface area (Å²) in [5, 5.41) is 0. The Morgan fingerprint density at radius 3 is 2.05 bits per heavy atom. The summed E-state index contributed by atoms with van der Waals surface area (Å²) in [6, 6.07) is 6.46. The first-order chi connectivity index (χ1) is 9.92. The molecule has 1 aromatic rings. The van der Waals surface area contributed by atoms with Crippen LogP contribution in [0.3, 0.4) is 0 Å². The highest BCUT2D eigenvalue weighted by Crippen LogP contribution is 2.49. The first-order valence-electron chi connectivity index (χ1n) is 5.87. The van der Waals surface area contributed by atoms with Crippen molar-refractivity contribution in [3.05, 3.63) is 36.1 Å². The highest BCUT2D eigenvalue weighted by atomic mass is 31.2. The molecule has 0 aliphatic heterocycles. The fraction of sp³-hybridized carbons (Fsp3) is 0.308. The molecule has 0 atom stereocenters. The summed E-state index contributed by atoms with van der Waals surface area (Å²) < 4.78 is 35.8. The predicted octanol–water partition coefficient (Wildman–Crippen LogP) is 2.92. The van der Waals surface area contributed by atoms with E-state index in [9.17, 15) is 9.36 Å². The largest absolute Gasteiger partial charge is 0.529 e. The van der Waals surface area contributed by atoms with Crippen molar-refractivity contribution < 1.29 is 32.4 Å². The predicted molar refractivity (Wildman–Crippen MR) is 75.1 cm³/mol. The van der Waals surface area contributed by atoms with Crippen molar-refractivity contribution in [2.75, 3.05) is 21.3 Å².